The van der Waals surface area contributed by atoms with Crippen LogP contribution < -0.4 is 5.69 Å². The summed E-state index contributed by atoms with van der Waals surface area (Å²) in [7, 11) is 1.61. The Kier molecular flexibility index (Phi) is 3.61. The maximum Gasteiger partial charge on any atom is 0.345 e. The first-order chi connectivity index (χ1) is 9.99. The smallest absolute Gasteiger partial charge is 0.345 e. The van der Waals surface area contributed by atoms with E-state index in [1.54, 1.807) is 11.9 Å². The van der Waals surface area contributed by atoms with E-state index >= 15 is 0 Å². The van der Waals surface area contributed by atoms with E-state index in [9.17, 15) is 14.7 Å². The van der Waals surface area contributed by atoms with Crippen LogP contribution in [-0.4, -0.2) is 49.0 Å². The van der Waals surface area contributed by atoms with E-state index < -0.39 is 5.60 Å². The third kappa shape index (κ3) is 2.62. The van der Waals surface area contributed by atoms with Gasteiger partial charge in [-0.05, 0) is 19.3 Å². The van der Waals surface area contributed by atoms with Gasteiger partial charge in [0, 0.05) is 26.1 Å². The average Bonchev–Trinajstić information content (AvgIpc) is 2.78. The number of rotatable bonds is 2. The summed E-state index contributed by atoms with van der Waals surface area (Å²) in [5.41, 5.74) is -0.869. The van der Waals surface area contributed by atoms with Crippen LogP contribution in [0.2, 0.25) is 0 Å². The number of likely N-dealkylation sites (tertiary alicyclic amines) is 1. The average molecular weight is 294 g/mol. The second-order valence-electron chi connectivity index (χ2n) is 6.32. The molecule has 3 rings (SSSR count). The van der Waals surface area contributed by atoms with Gasteiger partial charge in [-0.25, -0.2) is 9.48 Å². The first kappa shape index (κ1) is 14.3. The van der Waals surface area contributed by atoms with Gasteiger partial charge in [0.15, 0.2) is 0 Å². The molecule has 1 amide bonds. The van der Waals surface area contributed by atoms with E-state index in [-0.39, 0.29) is 24.1 Å². The van der Waals surface area contributed by atoms with Crippen LogP contribution in [0.1, 0.15) is 32.1 Å². The topological polar surface area (TPSA) is 80.4 Å². The molecule has 0 spiro atoms. The van der Waals surface area contributed by atoms with Crippen LogP contribution >= 0.6 is 0 Å². The second-order valence-corrected chi connectivity index (χ2v) is 6.32. The van der Waals surface area contributed by atoms with Crippen LogP contribution in [0.25, 0.3) is 0 Å². The Morgan fingerprint density at radius 2 is 2.29 bits per heavy atom. The molecule has 2 unspecified atom stereocenters. The fourth-order valence-electron chi connectivity index (χ4n) is 3.55. The van der Waals surface area contributed by atoms with Crippen LogP contribution in [-0.2, 0) is 18.4 Å². The summed E-state index contributed by atoms with van der Waals surface area (Å²) >= 11 is 0. The van der Waals surface area contributed by atoms with Crippen molar-refractivity contribution in [2.24, 2.45) is 13.0 Å². The fraction of sp³-hybridized carbons (Fsp3) is 0.786. The number of hydrogen-bond donors (Lipinski definition) is 1. The minimum Gasteiger partial charge on any atom is -0.389 e. The number of aliphatic hydroxyl groups is 1. The molecule has 1 N–H and O–H groups in total. The van der Waals surface area contributed by atoms with Crippen LogP contribution in [0.5, 0.6) is 0 Å². The standard InChI is InChI=1S/C14H22N4O3/c1-16-10-15-18(13(16)20)9-12(19)17-7-6-14(21)5-3-2-4-11(14)8-17/h10-11,21H,2-9H2,1H3. The van der Waals surface area contributed by atoms with Crippen molar-refractivity contribution in [2.45, 2.75) is 44.2 Å². The Bertz CT molecular complexity index is 593. The van der Waals surface area contributed by atoms with E-state index in [0.29, 0.717) is 19.5 Å². The number of fused-ring (bicyclic) bond motifs is 1. The summed E-state index contributed by atoms with van der Waals surface area (Å²) in [5.74, 6) is 0.0767. The minimum absolute atomic E-state index is 0.0230. The Balaban J connectivity index is 1.66. The zero-order valence-corrected chi connectivity index (χ0v) is 12.4. The Hall–Kier alpha value is -1.63. The van der Waals surface area contributed by atoms with E-state index in [2.05, 4.69) is 5.10 Å². The molecule has 0 aromatic carbocycles. The van der Waals surface area contributed by atoms with Gasteiger partial charge >= 0.3 is 5.69 Å². The molecule has 1 saturated carbocycles. The molecule has 2 atom stereocenters. The van der Waals surface area contributed by atoms with E-state index in [0.717, 1.165) is 25.7 Å². The zero-order chi connectivity index (χ0) is 15.0. The summed E-state index contributed by atoms with van der Waals surface area (Å²) < 4.78 is 2.54. The van der Waals surface area contributed by atoms with Crippen LogP contribution in [0.15, 0.2) is 11.1 Å². The van der Waals surface area contributed by atoms with Crippen LogP contribution in [0.4, 0.5) is 0 Å². The molecule has 0 radical (unpaired) electrons. The van der Waals surface area contributed by atoms with Crippen LogP contribution in [0.3, 0.4) is 0 Å². The largest absolute Gasteiger partial charge is 0.389 e. The lowest BCUT2D eigenvalue weighted by atomic mass is 9.71. The molecule has 2 fully saturated rings. The summed E-state index contributed by atoms with van der Waals surface area (Å²) in [5, 5.41) is 14.5. The highest BCUT2D eigenvalue weighted by molar-refractivity contribution is 5.76. The molecule has 7 nitrogen and oxygen atoms in total. The summed E-state index contributed by atoms with van der Waals surface area (Å²) in [6, 6.07) is 0. The van der Waals surface area contributed by atoms with Gasteiger partial charge in [-0.1, -0.05) is 12.8 Å². The maximum absolute atomic E-state index is 12.3. The molecule has 116 valence electrons. The second kappa shape index (κ2) is 5.29. The lowest BCUT2D eigenvalue weighted by molar-refractivity contribution is -0.144. The Labute approximate surface area is 123 Å². The molecule has 1 aliphatic carbocycles. The van der Waals surface area contributed by atoms with Crippen molar-refractivity contribution in [1.82, 2.24) is 19.2 Å². The predicted molar refractivity (Wildman–Crippen MR) is 75.6 cm³/mol. The number of hydrogen-bond acceptors (Lipinski definition) is 4. The van der Waals surface area contributed by atoms with Gasteiger partial charge in [-0.3, -0.25) is 9.36 Å². The van der Waals surface area contributed by atoms with Crippen molar-refractivity contribution in [3.8, 4) is 0 Å². The van der Waals surface area contributed by atoms with Gasteiger partial charge in [-0.2, -0.15) is 5.10 Å². The minimum atomic E-state index is -0.586. The third-order valence-corrected chi connectivity index (χ3v) is 4.95. The quantitative estimate of drug-likeness (QED) is 0.814. The highest BCUT2D eigenvalue weighted by Crippen LogP contribution is 2.39. The van der Waals surface area contributed by atoms with Crippen molar-refractivity contribution in [3.63, 3.8) is 0 Å². The van der Waals surface area contributed by atoms with Crippen molar-refractivity contribution in [2.75, 3.05) is 13.1 Å². The normalized spacial score (nSPS) is 29.2. The molecule has 2 aliphatic rings. The number of nitrogens with zero attached hydrogens (tertiary/aromatic N) is 4. The lowest BCUT2D eigenvalue weighted by Crippen LogP contribution is -2.55. The molecule has 0 bridgehead atoms. The summed E-state index contributed by atoms with van der Waals surface area (Å²) in [6.07, 6.45) is 6.06. The number of aryl methyl sites for hydroxylation is 1. The van der Waals surface area contributed by atoms with E-state index in [1.165, 1.54) is 15.6 Å². The SMILES string of the molecule is Cn1cnn(CC(=O)N2CCC3(O)CCCCC3C2)c1=O. The maximum atomic E-state index is 12.3. The number of piperidine rings is 1. The third-order valence-electron chi connectivity index (χ3n) is 4.95. The van der Waals surface area contributed by atoms with Crippen LogP contribution in [0, 0.1) is 5.92 Å². The van der Waals surface area contributed by atoms with Crippen molar-refractivity contribution < 1.29 is 9.90 Å². The highest BCUT2D eigenvalue weighted by atomic mass is 16.3. The fourth-order valence-corrected chi connectivity index (χ4v) is 3.55. The number of amides is 1. The molecule has 1 aromatic rings. The van der Waals surface area contributed by atoms with Gasteiger partial charge in [0.25, 0.3) is 0 Å². The zero-order valence-electron chi connectivity index (χ0n) is 12.4. The summed E-state index contributed by atoms with van der Waals surface area (Å²) in [6.45, 7) is 1.13. The molecule has 1 aromatic heterocycles. The Morgan fingerprint density at radius 3 is 3.00 bits per heavy atom. The lowest BCUT2D eigenvalue weighted by Gasteiger charge is -2.47. The molecule has 21 heavy (non-hydrogen) atoms. The van der Waals surface area contributed by atoms with Gasteiger partial charge < -0.3 is 10.0 Å². The van der Waals surface area contributed by atoms with Crippen molar-refractivity contribution in [1.29, 1.82) is 0 Å². The molecular formula is C14H22N4O3. The molecule has 1 aliphatic heterocycles. The van der Waals surface area contributed by atoms with E-state index in [4.69, 9.17) is 0 Å². The van der Waals surface area contributed by atoms with Gasteiger partial charge in [0.05, 0.1) is 5.60 Å². The van der Waals surface area contributed by atoms with Crippen molar-refractivity contribution >= 4 is 5.91 Å². The highest BCUT2D eigenvalue weighted by Gasteiger charge is 2.43. The number of carbonyl (C=O) groups excluding carboxylic acids is 1. The van der Waals surface area contributed by atoms with Gasteiger partial charge in [-0.15, -0.1) is 0 Å². The molecule has 2 heterocycles. The molecule has 1 saturated heterocycles. The summed E-state index contributed by atoms with van der Waals surface area (Å²) in [4.78, 5) is 25.8. The number of carbonyl (C=O) groups is 1. The first-order valence-corrected chi connectivity index (χ1v) is 7.58. The number of aromatic nitrogens is 3. The van der Waals surface area contributed by atoms with Gasteiger partial charge in [0.2, 0.25) is 5.91 Å². The molecule has 7 heteroatoms. The van der Waals surface area contributed by atoms with Crippen molar-refractivity contribution in [3.05, 3.63) is 16.8 Å². The Morgan fingerprint density at radius 1 is 1.48 bits per heavy atom. The monoisotopic (exact) mass is 294 g/mol. The molecular weight excluding hydrogens is 272 g/mol. The first-order valence-electron chi connectivity index (χ1n) is 7.58. The predicted octanol–water partition coefficient (Wildman–Crippen LogP) is -0.265. The van der Waals surface area contributed by atoms with Gasteiger partial charge in [0.1, 0.15) is 12.9 Å². The van der Waals surface area contributed by atoms with E-state index in [1.807, 2.05) is 0 Å².